The van der Waals surface area contributed by atoms with Crippen molar-refractivity contribution in [3.05, 3.63) is 35.9 Å². The van der Waals surface area contributed by atoms with Crippen molar-refractivity contribution in [3.8, 4) is 0 Å². The molecule has 0 N–H and O–H groups in total. The van der Waals surface area contributed by atoms with Crippen LogP contribution in [0.1, 0.15) is 12.0 Å². The predicted molar refractivity (Wildman–Crippen MR) is 57.1 cm³/mol. The number of rotatable bonds is 3. The van der Waals surface area contributed by atoms with Crippen LogP contribution in [-0.4, -0.2) is 31.1 Å². The number of benzene rings is 1. The van der Waals surface area contributed by atoms with Crippen LogP contribution in [0.3, 0.4) is 0 Å². The topological polar surface area (TPSA) is 12.5 Å². The van der Waals surface area contributed by atoms with Crippen LogP contribution in [-0.2, 0) is 11.3 Å². The number of hydrogen-bond donors (Lipinski definition) is 0. The Hall–Kier alpha value is -0.860. The summed E-state index contributed by atoms with van der Waals surface area (Å²) in [7, 11) is 2.14. The first kappa shape index (κ1) is 9.69. The van der Waals surface area contributed by atoms with Gasteiger partial charge >= 0.3 is 0 Å². The Labute approximate surface area is 85.5 Å². The van der Waals surface area contributed by atoms with Gasteiger partial charge in [-0.25, -0.2) is 0 Å². The van der Waals surface area contributed by atoms with E-state index >= 15 is 0 Å². The van der Waals surface area contributed by atoms with Gasteiger partial charge in [0.05, 0.1) is 12.7 Å². The lowest BCUT2D eigenvalue weighted by Gasteiger charge is -2.11. The van der Waals surface area contributed by atoms with Crippen LogP contribution in [0.25, 0.3) is 0 Å². The lowest BCUT2D eigenvalue weighted by Crippen LogP contribution is -2.18. The molecular formula is C12H17NO. The van der Waals surface area contributed by atoms with Crippen molar-refractivity contribution in [2.75, 3.05) is 20.1 Å². The summed E-state index contributed by atoms with van der Waals surface area (Å²) in [5.41, 5.74) is 1.27. The van der Waals surface area contributed by atoms with E-state index in [1.54, 1.807) is 0 Å². The van der Waals surface area contributed by atoms with Crippen molar-refractivity contribution in [2.45, 2.75) is 19.1 Å². The Morgan fingerprint density at radius 2 is 2.14 bits per heavy atom. The highest BCUT2D eigenvalue weighted by atomic mass is 16.5. The van der Waals surface area contributed by atoms with E-state index in [0.29, 0.717) is 6.10 Å². The van der Waals surface area contributed by atoms with Gasteiger partial charge in [-0.05, 0) is 19.0 Å². The molecule has 0 bridgehead atoms. The molecular weight excluding hydrogens is 174 g/mol. The maximum atomic E-state index is 5.82. The molecule has 1 aromatic carbocycles. The van der Waals surface area contributed by atoms with Crippen molar-refractivity contribution >= 4 is 0 Å². The number of nitrogens with zero attached hydrogens (tertiary/aromatic N) is 1. The van der Waals surface area contributed by atoms with Gasteiger partial charge in [-0.2, -0.15) is 0 Å². The minimum absolute atomic E-state index is 0.431. The molecule has 1 atom stereocenters. The summed E-state index contributed by atoms with van der Waals surface area (Å²) in [6.07, 6.45) is 1.60. The SMILES string of the molecule is CN1CCC(OCc2ccccc2)C1. The maximum Gasteiger partial charge on any atom is 0.0721 e. The molecule has 76 valence electrons. The monoisotopic (exact) mass is 191 g/mol. The minimum atomic E-state index is 0.431. The smallest absolute Gasteiger partial charge is 0.0721 e. The largest absolute Gasteiger partial charge is 0.372 e. The standard InChI is InChI=1S/C12H17NO/c1-13-8-7-12(9-13)14-10-11-5-3-2-4-6-11/h2-6,12H,7-10H2,1H3. The molecule has 2 rings (SSSR count). The van der Waals surface area contributed by atoms with E-state index in [-0.39, 0.29) is 0 Å². The van der Waals surface area contributed by atoms with Gasteiger partial charge in [0.15, 0.2) is 0 Å². The zero-order valence-corrected chi connectivity index (χ0v) is 8.65. The van der Waals surface area contributed by atoms with E-state index in [1.165, 1.54) is 18.5 Å². The quantitative estimate of drug-likeness (QED) is 0.723. The Morgan fingerprint density at radius 1 is 1.36 bits per heavy atom. The average molecular weight is 191 g/mol. The fraction of sp³-hybridized carbons (Fsp3) is 0.500. The summed E-state index contributed by atoms with van der Waals surface area (Å²) in [6.45, 7) is 2.99. The Kier molecular flexibility index (Phi) is 3.17. The average Bonchev–Trinajstić information content (AvgIpc) is 2.63. The van der Waals surface area contributed by atoms with Crippen LogP contribution < -0.4 is 0 Å². The second kappa shape index (κ2) is 4.58. The Morgan fingerprint density at radius 3 is 2.79 bits per heavy atom. The molecule has 1 saturated heterocycles. The lowest BCUT2D eigenvalue weighted by atomic mass is 10.2. The zero-order valence-electron chi connectivity index (χ0n) is 8.65. The third kappa shape index (κ3) is 2.56. The van der Waals surface area contributed by atoms with Crippen molar-refractivity contribution in [1.29, 1.82) is 0 Å². The van der Waals surface area contributed by atoms with Crippen molar-refractivity contribution in [3.63, 3.8) is 0 Å². The van der Waals surface area contributed by atoms with E-state index < -0.39 is 0 Å². The molecule has 2 nitrogen and oxygen atoms in total. The highest BCUT2D eigenvalue weighted by molar-refractivity contribution is 5.13. The van der Waals surface area contributed by atoms with Crippen molar-refractivity contribution in [1.82, 2.24) is 4.90 Å². The minimum Gasteiger partial charge on any atom is -0.372 e. The second-order valence-corrected chi connectivity index (χ2v) is 3.97. The summed E-state index contributed by atoms with van der Waals surface area (Å²) in [5, 5.41) is 0. The van der Waals surface area contributed by atoms with Gasteiger partial charge < -0.3 is 9.64 Å². The molecule has 0 radical (unpaired) electrons. The van der Waals surface area contributed by atoms with Gasteiger partial charge in [0.2, 0.25) is 0 Å². The molecule has 1 aliphatic rings. The molecule has 1 unspecified atom stereocenters. The van der Waals surface area contributed by atoms with Crippen molar-refractivity contribution in [2.24, 2.45) is 0 Å². The molecule has 1 aliphatic heterocycles. The number of likely N-dealkylation sites (N-methyl/N-ethyl adjacent to an activating group) is 1. The normalized spacial score (nSPS) is 22.8. The third-order valence-electron chi connectivity index (χ3n) is 2.68. The van der Waals surface area contributed by atoms with Gasteiger partial charge in [0.25, 0.3) is 0 Å². The zero-order chi connectivity index (χ0) is 9.80. The van der Waals surface area contributed by atoms with Crippen LogP contribution in [0.5, 0.6) is 0 Å². The molecule has 0 aromatic heterocycles. The van der Waals surface area contributed by atoms with E-state index in [0.717, 1.165) is 13.2 Å². The van der Waals surface area contributed by atoms with Crippen LogP contribution in [0.4, 0.5) is 0 Å². The van der Waals surface area contributed by atoms with Crippen LogP contribution >= 0.6 is 0 Å². The highest BCUT2D eigenvalue weighted by Gasteiger charge is 2.19. The van der Waals surface area contributed by atoms with Gasteiger partial charge in [0.1, 0.15) is 0 Å². The lowest BCUT2D eigenvalue weighted by molar-refractivity contribution is 0.0483. The highest BCUT2D eigenvalue weighted by Crippen LogP contribution is 2.12. The molecule has 0 saturated carbocycles. The predicted octanol–water partition coefficient (Wildman–Crippen LogP) is 1.91. The number of likely N-dealkylation sites (tertiary alicyclic amines) is 1. The van der Waals surface area contributed by atoms with Crippen LogP contribution in [0.15, 0.2) is 30.3 Å². The fourth-order valence-electron chi connectivity index (χ4n) is 1.82. The molecule has 1 fully saturated rings. The Balaban J connectivity index is 1.78. The number of ether oxygens (including phenoxy) is 1. The van der Waals surface area contributed by atoms with Gasteiger partial charge in [-0.15, -0.1) is 0 Å². The first-order valence-electron chi connectivity index (χ1n) is 5.18. The van der Waals surface area contributed by atoms with Gasteiger partial charge in [0, 0.05) is 13.1 Å². The van der Waals surface area contributed by atoms with Crippen LogP contribution in [0.2, 0.25) is 0 Å². The molecule has 0 amide bonds. The first-order chi connectivity index (χ1) is 6.84. The summed E-state index contributed by atoms with van der Waals surface area (Å²) < 4.78 is 5.82. The first-order valence-corrected chi connectivity index (χ1v) is 5.18. The van der Waals surface area contributed by atoms with Crippen LogP contribution in [0, 0.1) is 0 Å². The Bertz CT molecular complexity index is 273. The molecule has 1 heterocycles. The molecule has 14 heavy (non-hydrogen) atoms. The second-order valence-electron chi connectivity index (χ2n) is 3.97. The summed E-state index contributed by atoms with van der Waals surface area (Å²) >= 11 is 0. The summed E-state index contributed by atoms with van der Waals surface area (Å²) in [6, 6.07) is 10.4. The molecule has 2 heteroatoms. The van der Waals surface area contributed by atoms with Gasteiger partial charge in [-0.1, -0.05) is 30.3 Å². The van der Waals surface area contributed by atoms with Crippen molar-refractivity contribution < 1.29 is 4.74 Å². The van der Waals surface area contributed by atoms with Gasteiger partial charge in [-0.3, -0.25) is 0 Å². The molecule has 0 spiro atoms. The summed E-state index contributed by atoms with van der Waals surface area (Å²) in [4.78, 5) is 2.32. The number of hydrogen-bond acceptors (Lipinski definition) is 2. The molecule has 0 aliphatic carbocycles. The summed E-state index contributed by atoms with van der Waals surface area (Å²) in [5.74, 6) is 0. The fourth-order valence-corrected chi connectivity index (χ4v) is 1.82. The van der Waals surface area contributed by atoms with E-state index in [4.69, 9.17) is 4.74 Å². The van der Waals surface area contributed by atoms with E-state index in [1.807, 2.05) is 6.07 Å². The molecule has 1 aromatic rings. The maximum absolute atomic E-state index is 5.82. The van der Waals surface area contributed by atoms with E-state index in [2.05, 4.69) is 36.2 Å². The third-order valence-corrected chi connectivity index (χ3v) is 2.68. The van der Waals surface area contributed by atoms with E-state index in [9.17, 15) is 0 Å².